The number of fused-ring (bicyclic) bond motifs is 1. The van der Waals surface area contributed by atoms with Gasteiger partial charge in [0, 0.05) is 13.1 Å². The van der Waals surface area contributed by atoms with Crippen molar-refractivity contribution in [2.75, 3.05) is 22.9 Å². The summed E-state index contributed by atoms with van der Waals surface area (Å²) >= 11 is 0. The van der Waals surface area contributed by atoms with Crippen molar-refractivity contribution < 1.29 is 0 Å². The van der Waals surface area contributed by atoms with Crippen LogP contribution in [0.1, 0.15) is 37.1 Å². The minimum Gasteiger partial charge on any atom is -0.361 e. The van der Waals surface area contributed by atoms with Crippen molar-refractivity contribution >= 4 is 11.4 Å². The summed E-state index contributed by atoms with van der Waals surface area (Å²) in [6, 6.07) is 40.1. The third-order valence-corrected chi connectivity index (χ3v) is 6.64. The van der Waals surface area contributed by atoms with Gasteiger partial charge in [0.1, 0.15) is 0 Å². The molecule has 2 unspecified atom stereocenters. The van der Waals surface area contributed by atoms with Crippen LogP contribution in [0.2, 0.25) is 0 Å². The van der Waals surface area contributed by atoms with E-state index in [4.69, 9.17) is 0 Å². The minimum absolute atomic E-state index is 0.238. The van der Waals surface area contributed by atoms with E-state index in [-0.39, 0.29) is 12.1 Å². The number of likely N-dealkylation sites (N-methyl/N-ethyl adjacent to an activating group) is 2. The molecule has 5 rings (SSSR count). The molecule has 0 saturated heterocycles. The van der Waals surface area contributed by atoms with Gasteiger partial charge in [-0.2, -0.15) is 0 Å². The van der Waals surface area contributed by atoms with Crippen molar-refractivity contribution in [2.45, 2.75) is 25.9 Å². The van der Waals surface area contributed by atoms with Gasteiger partial charge in [0.2, 0.25) is 0 Å². The molecule has 2 atom stereocenters. The summed E-state index contributed by atoms with van der Waals surface area (Å²) in [7, 11) is 0. The molecule has 0 aromatic heterocycles. The molecule has 32 heavy (non-hydrogen) atoms. The molecule has 1 heterocycles. The SMILES string of the molecule is CCN1c2ccc(-c3ccccc3)cc2N(CC)C(c2ccccc2)C1c1ccccc1. The third-order valence-electron chi connectivity index (χ3n) is 6.64. The predicted molar refractivity (Wildman–Crippen MR) is 136 cm³/mol. The molecule has 2 nitrogen and oxygen atoms in total. The number of rotatable bonds is 5. The Balaban J connectivity index is 1.72. The summed E-state index contributed by atoms with van der Waals surface area (Å²) in [5.41, 5.74) is 7.88. The van der Waals surface area contributed by atoms with Crippen molar-refractivity contribution in [1.82, 2.24) is 0 Å². The van der Waals surface area contributed by atoms with Gasteiger partial charge >= 0.3 is 0 Å². The van der Waals surface area contributed by atoms with Crippen LogP contribution in [-0.4, -0.2) is 13.1 Å². The van der Waals surface area contributed by atoms with Crippen LogP contribution in [0.3, 0.4) is 0 Å². The van der Waals surface area contributed by atoms with E-state index in [0.29, 0.717) is 0 Å². The van der Waals surface area contributed by atoms with Crippen LogP contribution in [0, 0.1) is 0 Å². The molecule has 4 aromatic carbocycles. The first-order chi connectivity index (χ1) is 15.8. The predicted octanol–water partition coefficient (Wildman–Crippen LogP) is 7.50. The van der Waals surface area contributed by atoms with E-state index in [0.717, 1.165) is 13.1 Å². The van der Waals surface area contributed by atoms with E-state index in [9.17, 15) is 0 Å². The van der Waals surface area contributed by atoms with Gasteiger partial charge in [0.15, 0.2) is 0 Å². The van der Waals surface area contributed by atoms with E-state index in [2.05, 4.69) is 133 Å². The Morgan fingerprint density at radius 3 is 1.47 bits per heavy atom. The molecular formula is C30H30N2. The largest absolute Gasteiger partial charge is 0.361 e. The van der Waals surface area contributed by atoms with E-state index in [1.165, 1.54) is 33.6 Å². The van der Waals surface area contributed by atoms with Gasteiger partial charge in [-0.1, -0.05) is 97.1 Å². The smallest absolute Gasteiger partial charge is 0.0788 e. The summed E-state index contributed by atoms with van der Waals surface area (Å²) < 4.78 is 0. The Morgan fingerprint density at radius 1 is 0.500 bits per heavy atom. The lowest BCUT2D eigenvalue weighted by Gasteiger charge is -2.50. The van der Waals surface area contributed by atoms with Crippen LogP contribution in [0.15, 0.2) is 109 Å². The first kappa shape index (κ1) is 20.4. The molecule has 4 aromatic rings. The van der Waals surface area contributed by atoms with Crippen LogP contribution in [0.5, 0.6) is 0 Å². The maximum absolute atomic E-state index is 2.60. The summed E-state index contributed by atoms with van der Waals surface area (Å²) in [5.74, 6) is 0. The highest BCUT2D eigenvalue weighted by Gasteiger charge is 2.39. The van der Waals surface area contributed by atoms with Gasteiger partial charge in [0.25, 0.3) is 0 Å². The summed E-state index contributed by atoms with van der Waals surface area (Å²) in [4.78, 5) is 5.18. The second-order valence-electron chi connectivity index (χ2n) is 8.35. The molecule has 0 N–H and O–H groups in total. The average Bonchev–Trinajstić information content (AvgIpc) is 2.88. The van der Waals surface area contributed by atoms with E-state index in [1.807, 2.05) is 0 Å². The van der Waals surface area contributed by atoms with E-state index in [1.54, 1.807) is 0 Å². The summed E-state index contributed by atoms with van der Waals surface area (Å²) in [6.07, 6.45) is 0. The Hall–Kier alpha value is -3.52. The molecule has 0 aliphatic carbocycles. The molecule has 0 amide bonds. The highest BCUT2D eigenvalue weighted by molar-refractivity contribution is 5.82. The average molecular weight is 419 g/mol. The van der Waals surface area contributed by atoms with E-state index < -0.39 is 0 Å². The van der Waals surface area contributed by atoms with Crippen molar-refractivity contribution in [3.05, 3.63) is 120 Å². The monoisotopic (exact) mass is 418 g/mol. The number of anilines is 2. The second-order valence-corrected chi connectivity index (χ2v) is 8.35. The zero-order chi connectivity index (χ0) is 21.9. The molecule has 160 valence electrons. The number of hydrogen-bond donors (Lipinski definition) is 0. The van der Waals surface area contributed by atoms with Gasteiger partial charge in [-0.25, -0.2) is 0 Å². The summed E-state index contributed by atoms with van der Waals surface area (Å²) in [6.45, 7) is 6.46. The molecule has 0 fully saturated rings. The molecule has 2 heteroatoms. The zero-order valence-electron chi connectivity index (χ0n) is 18.9. The van der Waals surface area contributed by atoms with Gasteiger partial charge in [-0.05, 0) is 48.2 Å². The van der Waals surface area contributed by atoms with Crippen LogP contribution in [-0.2, 0) is 0 Å². The molecule has 0 saturated carbocycles. The molecule has 1 aliphatic heterocycles. The van der Waals surface area contributed by atoms with Gasteiger partial charge in [-0.15, -0.1) is 0 Å². The maximum Gasteiger partial charge on any atom is 0.0788 e. The first-order valence-corrected chi connectivity index (χ1v) is 11.6. The van der Waals surface area contributed by atoms with Gasteiger partial charge < -0.3 is 9.80 Å². The fourth-order valence-electron chi connectivity index (χ4n) is 5.21. The second kappa shape index (κ2) is 8.92. The lowest BCUT2D eigenvalue weighted by atomic mass is 9.86. The Labute approximate surface area is 191 Å². The van der Waals surface area contributed by atoms with Gasteiger partial charge in [-0.3, -0.25) is 0 Å². The molecule has 1 aliphatic rings. The molecule has 0 radical (unpaired) electrons. The van der Waals surface area contributed by atoms with Crippen molar-refractivity contribution in [3.8, 4) is 11.1 Å². The van der Waals surface area contributed by atoms with Crippen molar-refractivity contribution in [2.24, 2.45) is 0 Å². The highest BCUT2D eigenvalue weighted by Crippen LogP contribution is 2.51. The lowest BCUT2D eigenvalue weighted by Crippen LogP contribution is -2.46. The molecule has 0 bridgehead atoms. The topological polar surface area (TPSA) is 6.48 Å². The molecule has 0 spiro atoms. The Morgan fingerprint density at radius 2 is 0.969 bits per heavy atom. The Bertz CT molecular complexity index is 1160. The lowest BCUT2D eigenvalue weighted by molar-refractivity contribution is 0.471. The van der Waals surface area contributed by atoms with Crippen LogP contribution < -0.4 is 9.80 Å². The molecular weight excluding hydrogens is 388 g/mol. The zero-order valence-corrected chi connectivity index (χ0v) is 18.9. The number of nitrogens with zero attached hydrogens (tertiary/aromatic N) is 2. The van der Waals surface area contributed by atoms with Crippen LogP contribution in [0.25, 0.3) is 11.1 Å². The fourth-order valence-corrected chi connectivity index (χ4v) is 5.21. The summed E-state index contributed by atoms with van der Waals surface area (Å²) in [5, 5.41) is 0. The minimum atomic E-state index is 0.238. The van der Waals surface area contributed by atoms with Gasteiger partial charge in [0.05, 0.1) is 23.5 Å². The highest BCUT2D eigenvalue weighted by atomic mass is 15.3. The fraction of sp³-hybridized carbons (Fsp3) is 0.200. The normalized spacial score (nSPS) is 17.8. The number of hydrogen-bond acceptors (Lipinski definition) is 2. The third kappa shape index (κ3) is 3.56. The van der Waals surface area contributed by atoms with Crippen LogP contribution >= 0.6 is 0 Å². The standard InChI is InChI=1S/C30H30N2/c1-3-31-27-21-20-26(23-14-8-5-9-15-23)22-28(27)32(4-2)30(25-18-12-7-13-19-25)29(31)24-16-10-6-11-17-24/h5-22,29-30H,3-4H2,1-2H3. The van der Waals surface area contributed by atoms with Crippen LogP contribution in [0.4, 0.5) is 11.4 Å². The first-order valence-electron chi connectivity index (χ1n) is 11.6. The maximum atomic E-state index is 2.60. The number of benzene rings is 4. The quantitative estimate of drug-likeness (QED) is 0.331. The van der Waals surface area contributed by atoms with E-state index >= 15 is 0 Å². The Kier molecular flexibility index (Phi) is 5.68. The van der Waals surface area contributed by atoms with Crippen molar-refractivity contribution in [1.29, 1.82) is 0 Å². The van der Waals surface area contributed by atoms with Crippen molar-refractivity contribution in [3.63, 3.8) is 0 Å².